The first-order valence-corrected chi connectivity index (χ1v) is 8.62. The van der Waals surface area contributed by atoms with Gasteiger partial charge in [-0.1, -0.05) is 36.4 Å². The molecule has 3 rings (SSSR count). The minimum atomic E-state index is -0.700. The molecule has 0 fully saturated rings. The lowest BCUT2D eigenvalue weighted by Gasteiger charge is -2.12. The standard InChI is InChI=1S/C21H21N3O3/c1-13-9-10-17(11-14(13)2)24-20(26)18(19(25)23-21(24)27)12-22-15(3)16-7-5-4-6-8-16/h4-12,15,26H,1-3H3,(H,23,25,27)/t15-/m1/s1. The van der Waals surface area contributed by atoms with Crippen LogP contribution in [0.5, 0.6) is 5.88 Å². The second kappa shape index (κ2) is 7.45. The van der Waals surface area contributed by atoms with Crippen molar-refractivity contribution in [3.63, 3.8) is 0 Å². The molecule has 0 amide bonds. The zero-order chi connectivity index (χ0) is 19.6. The molecule has 6 nitrogen and oxygen atoms in total. The van der Waals surface area contributed by atoms with Gasteiger partial charge in [-0.2, -0.15) is 0 Å². The number of hydrogen-bond donors (Lipinski definition) is 2. The average molecular weight is 363 g/mol. The van der Waals surface area contributed by atoms with Crippen molar-refractivity contribution >= 4 is 6.21 Å². The molecule has 2 aromatic carbocycles. The van der Waals surface area contributed by atoms with Gasteiger partial charge in [0.25, 0.3) is 5.56 Å². The highest BCUT2D eigenvalue weighted by Gasteiger charge is 2.15. The minimum absolute atomic E-state index is 0.0596. The van der Waals surface area contributed by atoms with Crippen LogP contribution in [0.25, 0.3) is 5.69 Å². The Morgan fingerprint density at radius 1 is 1.07 bits per heavy atom. The number of aromatic amines is 1. The molecule has 1 heterocycles. The van der Waals surface area contributed by atoms with Crippen LogP contribution in [0.3, 0.4) is 0 Å². The summed E-state index contributed by atoms with van der Waals surface area (Å²) in [6.45, 7) is 5.75. The predicted octanol–water partition coefficient (Wildman–Crippen LogP) is 3.03. The Bertz CT molecular complexity index is 1110. The zero-order valence-electron chi connectivity index (χ0n) is 15.4. The fourth-order valence-corrected chi connectivity index (χ4v) is 2.76. The third-order valence-corrected chi connectivity index (χ3v) is 4.58. The first-order valence-electron chi connectivity index (χ1n) is 8.62. The summed E-state index contributed by atoms with van der Waals surface area (Å²) in [7, 11) is 0. The van der Waals surface area contributed by atoms with E-state index in [1.807, 2.05) is 57.2 Å². The van der Waals surface area contributed by atoms with Crippen molar-refractivity contribution in [3.05, 3.63) is 91.6 Å². The van der Waals surface area contributed by atoms with Gasteiger partial charge in [0.2, 0.25) is 5.88 Å². The Hall–Kier alpha value is -3.41. The lowest BCUT2D eigenvalue weighted by atomic mass is 10.1. The molecule has 27 heavy (non-hydrogen) atoms. The van der Waals surface area contributed by atoms with Crippen molar-refractivity contribution in [2.45, 2.75) is 26.8 Å². The van der Waals surface area contributed by atoms with Crippen LogP contribution < -0.4 is 11.2 Å². The van der Waals surface area contributed by atoms with Gasteiger partial charge in [-0.25, -0.2) is 9.36 Å². The normalized spacial score (nSPS) is 12.4. The Balaban J connectivity index is 2.07. The van der Waals surface area contributed by atoms with Gasteiger partial charge in [0.05, 0.1) is 11.7 Å². The van der Waals surface area contributed by atoms with E-state index < -0.39 is 17.1 Å². The molecule has 0 bridgehead atoms. The van der Waals surface area contributed by atoms with Crippen LogP contribution in [0.1, 0.15) is 35.2 Å². The summed E-state index contributed by atoms with van der Waals surface area (Å²) < 4.78 is 1.07. The number of nitrogens with zero attached hydrogens (tertiary/aromatic N) is 2. The van der Waals surface area contributed by atoms with Crippen molar-refractivity contribution in [1.82, 2.24) is 9.55 Å². The summed E-state index contributed by atoms with van der Waals surface area (Å²) in [5, 5.41) is 10.6. The Labute approximate surface area is 156 Å². The minimum Gasteiger partial charge on any atom is -0.493 e. The summed E-state index contributed by atoms with van der Waals surface area (Å²) >= 11 is 0. The van der Waals surface area contributed by atoms with Crippen LogP contribution in [0.4, 0.5) is 0 Å². The van der Waals surface area contributed by atoms with E-state index in [-0.39, 0.29) is 11.6 Å². The third-order valence-electron chi connectivity index (χ3n) is 4.58. The summed E-state index contributed by atoms with van der Waals surface area (Å²) in [6, 6.07) is 14.7. The van der Waals surface area contributed by atoms with Gasteiger partial charge in [-0.05, 0) is 49.6 Å². The maximum atomic E-state index is 12.3. The summed E-state index contributed by atoms with van der Waals surface area (Å²) in [5.41, 5.74) is 2.05. The SMILES string of the molecule is Cc1ccc(-n2c(O)c(C=N[C@H](C)c3ccccc3)c(=O)[nH]c2=O)cc1C. The fraction of sp³-hybridized carbons (Fsp3) is 0.190. The van der Waals surface area contributed by atoms with E-state index in [0.717, 1.165) is 21.3 Å². The Morgan fingerprint density at radius 3 is 2.44 bits per heavy atom. The van der Waals surface area contributed by atoms with Gasteiger partial charge in [-0.15, -0.1) is 0 Å². The molecule has 0 spiro atoms. The van der Waals surface area contributed by atoms with Crippen LogP contribution >= 0.6 is 0 Å². The van der Waals surface area contributed by atoms with E-state index in [1.54, 1.807) is 12.1 Å². The number of aliphatic imine (C=N–C) groups is 1. The second-order valence-corrected chi connectivity index (χ2v) is 6.47. The van der Waals surface area contributed by atoms with E-state index in [4.69, 9.17) is 0 Å². The molecule has 0 aliphatic carbocycles. The van der Waals surface area contributed by atoms with E-state index >= 15 is 0 Å². The van der Waals surface area contributed by atoms with Crippen molar-refractivity contribution in [1.29, 1.82) is 0 Å². The molecule has 0 aliphatic rings. The Kier molecular flexibility index (Phi) is 5.07. The summed E-state index contributed by atoms with van der Waals surface area (Å²) in [5.74, 6) is -0.434. The monoisotopic (exact) mass is 363 g/mol. The molecule has 0 aliphatic heterocycles. The molecule has 2 N–H and O–H groups in total. The van der Waals surface area contributed by atoms with Gasteiger partial charge in [-0.3, -0.25) is 14.8 Å². The molecule has 0 saturated heterocycles. The molecule has 0 radical (unpaired) electrons. The van der Waals surface area contributed by atoms with Crippen molar-refractivity contribution in [2.24, 2.45) is 4.99 Å². The predicted molar refractivity (Wildman–Crippen MR) is 106 cm³/mol. The molecular formula is C21H21N3O3. The maximum Gasteiger partial charge on any atom is 0.335 e. The van der Waals surface area contributed by atoms with E-state index in [2.05, 4.69) is 9.98 Å². The van der Waals surface area contributed by atoms with E-state index in [9.17, 15) is 14.7 Å². The van der Waals surface area contributed by atoms with Crippen LogP contribution in [0.15, 0.2) is 63.1 Å². The molecule has 6 heteroatoms. The summed E-state index contributed by atoms with van der Waals surface area (Å²) in [4.78, 5) is 31.1. The molecular weight excluding hydrogens is 342 g/mol. The van der Waals surface area contributed by atoms with Gasteiger partial charge < -0.3 is 5.11 Å². The van der Waals surface area contributed by atoms with Crippen molar-refractivity contribution in [2.75, 3.05) is 0 Å². The average Bonchev–Trinajstić information content (AvgIpc) is 2.64. The molecule has 138 valence electrons. The maximum absolute atomic E-state index is 12.3. The van der Waals surface area contributed by atoms with Gasteiger partial charge in [0.15, 0.2) is 0 Å². The number of benzene rings is 2. The summed E-state index contributed by atoms with van der Waals surface area (Å²) in [6.07, 6.45) is 1.31. The fourth-order valence-electron chi connectivity index (χ4n) is 2.76. The molecule has 1 atom stereocenters. The molecule has 1 aromatic heterocycles. The lowest BCUT2D eigenvalue weighted by molar-refractivity contribution is 0.430. The van der Waals surface area contributed by atoms with Gasteiger partial charge >= 0.3 is 5.69 Å². The number of aromatic nitrogens is 2. The van der Waals surface area contributed by atoms with Gasteiger partial charge in [0, 0.05) is 6.21 Å². The second-order valence-electron chi connectivity index (χ2n) is 6.47. The van der Waals surface area contributed by atoms with Gasteiger partial charge in [0.1, 0.15) is 5.56 Å². The Morgan fingerprint density at radius 2 is 1.78 bits per heavy atom. The van der Waals surface area contributed by atoms with Crippen LogP contribution in [-0.4, -0.2) is 20.9 Å². The number of nitrogens with one attached hydrogen (secondary N) is 1. The van der Waals surface area contributed by atoms with Crippen molar-refractivity contribution in [3.8, 4) is 11.6 Å². The van der Waals surface area contributed by atoms with Crippen LogP contribution in [-0.2, 0) is 0 Å². The number of H-pyrrole nitrogens is 1. The first-order chi connectivity index (χ1) is 12.9. The van der Waals surface area contributed by atoms with Crippen LogP contribution in [0, 0.1) is 13.8 Å². The topological polar surface area (TPSA) is 87.4 Å². The highest BCUT2D eigenvalue weighted by Crippen LogP contribution is 2.20. The number of aromatic hydroxyl groups is 1. The van der Waals surface area contributed by atoms with Crippen molar-refractivity contribution < 1.29 is 5.11 Å². The highest BCUT2D eigenvalue weighted by atomic mass is 16.3. The quantitative estimate of drug-likeness (QED) is 0.699. The lowest BCUT2D eigenvalue weighted by Crippen LogP contribution is -2.31. The van der Waals surface area contributed by atoms with E-state index in [0.29, 0.717) is 5.69 Å². The molecule has 3 aromatic rings. The number of aryl methyl sites for hydroxylation is 2. The molecule has 0 saturated carbocycles. The van der Waals surface area contributed by atoms with E-state index in [1.165, 1.54) is 6.21 Å². The number of rotatable bonds is 4. The number of hydrogen-bond acceptors (Lipinski definition) is 4. The zero-order valence-corrected chi connectivity index (χ0v) is 15.4. The van der Waals surface area contributed by atoms with Crippen LogP contribution in [0.2, 0.25) is 0 Å². The largest absolute Gasteiger partial charge is 0.493 e. The smallest absolute Gasteiger partial charge is 0.335 e. The third kappa shape index (κ3) is 3.74. The molecule has 0 unspecified atom stereocenters. The highest BCUT2D eigenvalue weighted by molar-refractivity contribution is 5.82. The first kappa shape index (κ1) is 18.4.